The van der Waals surface area contributed by atoms with Crippen molar-refractivity contribution in [2.45, 2.75) is 44.6 Å². The first kappa shape index (κ1) is 26.9. The third-order valence-corrected chi connectivity index (χ3v) is 6.65. The van der Waals surface area contributed by atoms with E-state index < -0.39 is 16.1 Å². The normalized spacial score (nSPS) is 12.7. The van der Waals surface area contributed by atoms with Crippen molar-refractivity contribution in [1.29, 1.82) is 0 Å². The van der Waals surface area contributed by atoms with Crippen molar-refractivity contribution in [2.24, 2.45) is 0 Å². The van der Waals surface area contributed by atoms with E-state index >= 15 is 0 Å². The molecule has 10 heteroatoms. The van der Waals surface area contributed by atoms with Gasteiger partial charge in [0.1, 0.15) is 5.75 Å². The number of aliphatic hydroxyl groups is 1. The first-order valence-corrected chi connectivity index (χ1v) is 13.8. The van der Waals surface area contributed by atoms with E-state index in [1.807, 2.05) is 6.07 Å². The zero-order chi connectivity index (χ0) is 23.4. The van der Waals surface area contributed by atoms with Crippen molar-refractivity contribution in [3.8, 4) is 5.75 Å². The van der Waals surface area contributed by atoms with Gasteiger partial charge in [0.25, 0.3) is 0 Å². The average Bonchev–Trinajstić information content (AvgIpc) is 3.14. The molecule has 7 nitrogen and oxygen atoms in total. The van der Waals surface area contributed by atoms with Crippen LogP contribution in [0, 0.1) is 0 Å². The van der Waals surface area contributed by atoms with Gasteiger partial charge in [0, 0.05) is 24.6 Å². The monoisotopic (exact) mass is 504 g/mol. The zero-order valence-electron chi connectivity index (χ0n) is 18.3. The van der Waals surface area contributed by atoms with E-state index in [4.69, 9.17) is 16.3 Å². The highest BCUT2D eigenvalue weighted by Crippen LogP contribution is 2.27. The summed E-state index contributed by atoms with van der Waals surface area (Å²) >= 11 is 7.54. The van der Waals surface area contributed by atoms with Gasteiger partial charge >= 0.3 is 0 Å². The molecule has 0 spiro atoms. The maximum Gasteiger partial charge on any atom is 0.229 e. The Morgan fingerprint density at radius 1 is 1.09 bits per heavy atom. The summed E-state index contributed by atoms with van der Waals surface area (Å²) in [6, 6.07) is 8.38. The Balaban J connectivity index is 1.49. The zero-order valence-corrected chi connectivity index (χ0v) is 20.7. The van der Waals surface area contributed by atoms with Gasteiger partial charge in [0.2, 0.25) is 10.0 Å². The Morgan fingerprint density at radius 2 is 1.84 bits per heavy atom. The lowest BCUT2D eigenvalue weighted by atomic mass is 10.1. The quantitative estimate of drug-likeness (QED) is 0.200. The Hall–Kier alpha value is -1.36. The molecular weight excluding hydrogens is 472 g/mol. The number of ether oxygens (including phenoxy) is 1. The van der Waals surface area contributed by atoms with E-state index in [9.17, 15) is 18.6 Å². The molecule has 0 radical (unpaired) electrons. The number of aromatic hydroxyl groups is 1. The van der Waals surface area contributed by atoms with Crippen LogP contribution in [-0.4, -0.2) is 51.2 Å². The second-order valence-electron chi connectivity index (χ2n) is 7.71. The van der Waals surface area contributed by atoms with Gasteiger partial charge in [-0.2, -0.15) is 0 Å². The summed E-state index contributed by atoms with van der Waals surface area (Å²) in [6.45, 7) is 2.69. The van der Waals surface area contributed by atoms with Crippen LogP contribution in [0.15, 0.2) is 30.3 Å². The lowest BCUT2D eigenvalue weighted by molar-refractivity contribution is 0.128. The molecule has 180 valence electrons. The van der Waals surface area contributed by atoms with E-state index in [1.54, 1.807) is 17.4 Å². The minimum atomic E-state index is -3.51. The van der Waals surface area contributed by atoms with Crippen LogP contribution in [0.3, 0.4) is 0 Å². The highest BCUT2D eigenvalue weighted by molar-refractivity contribution is 7.92. The summed E-state index contributed by atoms with van der Waals surface area (Å²) in [5, 5.41) is 23.3. The van der Waals surface area contributed by atoms with E-state index in [0.29, 0.717) is 12.1 Å². The minimum absolute atomic E-state index is 0.0576. The molecule has 0 saturated carbocycles. The van der Waals surface area contributed by atoms with Crippen LogP contribution >= 0.6 is 22.9 Å². The van der Waals surface area contributed by atoms with Crippen LogP contribution < -0.4 is 10.0 Å². The van der Waals surface area contributed by atoms with Gasteiger partial charge in [-0.1, -0.05) is 30.5 Å². The van der Waals surface area contributed by atoms with Crippen molar-refractivity contribution >= 4 is 38.6 Å². The molecule has 1 aromatic heterocycles. The summed E-state index contributed by atoms with van der Waals surface area (Å²) in [5.41, 5.74) is 0.586. The van der Waals surface area contributed by atoms with Gasteiger partial charge < -0.3 is 20.3 Å². The average molecular weight is 505 g/mol. The molecule has 2 aromatic rings. The molecular formula is C22H33ClN2O5S2. The van der Waals surface area contributed by atoms with Crippen LogP contribution in [0.2, 0.25) is 4.34 Å². The third-order valence-electron chi connectivity index (χ3n) is 4.77. The number of anilines is 1. The molecule has 2 rings (SSSR count). The number of hydrogen-bond acceptors (Lipinski definition) is 7. The fraction of sp³-hybridized carbons (Fsp3) is 0.545. The maximum absolute atomic E-state index is 11.4. The van der Waals surface area contributed by atoms with Gasteiger partial charge in [-0.05, 0) is 62.1 Å². The van der Waals surface area contributed by atoms with Crippen LogP contribution in [0.1, 0.15) is 48.6 Å². The van der Waals surface area contributed by atoms with Gasteiger partial charge in [0.15, 0.2) is 0 Å². The smallest absolute Gasteiger partial charge is 0.229 e. The predicted molar refractivity (Wildman–Crippen MR) is 131 cm³/mol. The highest BCUT2D eigenvalue weighted by Gasteiger charge is 2.12. The number of sulfonamides is 1. The number of hydrogen-bond donors (Lipinski definition) is 4. The largest absolute Gasteiger partial charge is 0.506 e. The predicted octanol–water partition coefficient (Wildman–Crippen LogP) is 4.31. The Kier molecular flexibility index (Phi) is 11.8. The summed E-state index contributed by atoms with van der Waals surface area (Å²) in [7, 11) is -3.51. The van der Waals surface area contributed by atoms with Crippen LogP contribution in [0.25, 0.3) is 0 Å². The number of benzene rings is 1. The molecule has 0 saturated heterocycles. The van der Waals surface area contributed by atoms with Crippen molar-refractivity contribution in [3.05, 3.63) is 45.1 Å². The molecule has 0 aliphatic heterocycles. The van der Waals surface area contributed by atoms with Gasteiger partial charge in [-0.3, -0.25) is 4.72 Å². The molecule has 0 bridgehead atoms. The number of aryl methyl sites for hydroxylation is 1. The second kappa shape index (κ2) is 14.0. The summed E-state index contributed by atoms with van der Waals surface area (Å²) in [5.74, 6) is -0.185. The van der Waals surface area contributed by atoms with Gasteiger partial charge in [0.05, 0.1) is 22.4 Å². The minimum Gasteiger partial charge on any atom is -0.506 e. The standard InChI is InChI=1S/C22H33ClN2O5S2/c1-32(28,29)25-19-15-17(8-10-20(19)26)21(27)16-24-12-4-2-3-5-13-30-14-6-7-18-9-11-22(23)31-18/h8-11,15,21,24-27H,2-7,12-14,16H2,1H3. The first-order valence-electron chi connectivity index (χ1n) is 10.8. The molecule has 32 heavy (non-hydrogen) atoms. The van der Waals surface area contributed by atoms with E-state index in [2.05, 4.69) is 16.1 Å². The van der Waals surface area contributed by atoms with Crippen LogP contribution in [0.5, 0.6) is 5.75 Å². The first-order chi connectivity index (χ1) is 15.2. The molecule has 0 amide bonds. The Morgan fingerprint density at radius 3 is 2.56 bits per heavy atom. The molecule has 0 aliphatic rings. The topological polar surface area (TPSA) is 108 Å². The van der Waals surface area contributed by atoms with Gasteiger partial charge in [-0.25, -0.2) is 8.42 Å². The molecule has 4 N–H and O–H groups in total. The van der Waals surface area contributed by atoms with Crippen LogP contribution in [0.4, 0.5) is 5.69 Å². The van der Waals surface area contributed by atoms with Crippen molar-refractivity contribution in [1.82, 2.24) is 5.32 Å². The Labute approximate surface area is 199 Å². The fourth-order valence-electron chi connectivity index (χ4n) is 3.14. The number of phenolic OH excluding ortho intramolecular Hbond substituents is 1. The summed E-state index contributed by atoms with van der Waals surface area (Å²) in [6.07, 6.45) is 6.45. The number of nitrogens with one attached hydrogen (secondary N) is 2. The second-order valence-corrected chi connectivity index (χ2v) is 11.3. The molecule has 1 atom stereocenters. The number of aliphatic hydroxyl groups excluding tert-OH is 1. The number of phenols is 1. The van der Waals surface area contributed by atoms with Crippen LogP contribution in [-0.2, 0) is 21.2 Å². The SMILES string of the molecule is CS(=O)(=O)Nc1cc(C(O)CNCCCCCCOCCCc2ccc(Cl)s2)ccc1O. The molecule has 0 fully saturated rings. The number of halogens is 1. The lowest BCUT2D eigenvalue weighted by Crippen LogP contribution is -2.22. The Bertz CT molecular complexity index is 921. The van der Waals surface area contributed by atoms with Crippen molar-refractivity contribution in [3.63, 3.8) is 0 Å². The number of unbranched alkanes of at least 4 members (excludes halogenated alkanes) is 3. The number of rotatable bonds is 16. The van der Waals surface area contributed by atoms with Crippen molar-refractivity contribution < 1.29 is 23.4 Å². The summed E-state index contributed by atoms with van der Waals surface area (Å²) < 4.78 is 31.5. The van der Waals surface area contributed by atoms with E-state index in [-0.39, 0.29) is 11.4 Å². The van der Waals surface area contributed by atoms with Gasteiger partial charge in [-0.15, -0.1) is 11.3 Å². The highest BCUT2D eigenvalue weighted by atomic mass is 35.5. The lowest BCUT2D eigenvalue weighted by Gasteiger charge is -2.14. The summed E-state index contributed by atoms with van der Waals surface area (Å²) in [4.78, 5) is 1.30. The molecule has 0 aliphatic carbocycles. The maximum atomic E-state index is 11.4. The van der Waals surface area contributed by atoms with E-state index in [1.165, 1.54) is 17.0 Å². The number of thiophene rings is 1. The van der Waals surface area contributed by atoms with Crippen molar-refractivity contribution in [2.75, 3.05) is 37.3 Å². The molecule has 1 unspecified atom stereocenters. The van der Waals surface area contributed by atoms with E-state index in [0.717, 1.165) is 68.9 Å². The molecule has 1 heterocycles. The third kappa shape index (κ3) is 11.0. The fourth-order valence-corrected chi connectivity index (χ4v) is 4.84. The molecule has 1 aromatic carbocycles.